The molecule has 0 bridgehead atoms. The number of ether oxygens (including phenoxy) is 2. The Morgan fingerprint density at radius 1 is 1.41 bits per heavy atom. The number of aryl methyl sites for hydroxylation is 1. The Balaban J connectivity index is 0.00000261. The number of benzene rings is 1. The van der Waals surface area contributed by atoms with E-state index in [4.69, 9.17) is 15.2 Å². The first kappa shape index (κ1) is 21.6. The molecule has 6 nitrogen and oxygen atoms in total. The van der Waals surface area contributed by atoms with Crippen LogP contribution in [-0.2, 0) is 9.53 Å². The van der Waals surface area contributed by atoms with Crippen LogP contribution < -0.4 is 15.8 Å². The van der Waals surface area contributed by atoms with Crippen molar-refractivity contribution in [2.75, 3.05) is 13.7 Å². The zero-order valence-electron chi connectivity index (χ0n) is 15.7. The molecule has 148 valence electrons. The van der Waals surface area contributed by atoms with Gasteiger partial charge >= 0.3 is 0 Å². The van der Waals surface area contributed by atoms with Gasteiger partial charge in [-0.3, -0.25) is 4.79 Å². The fraction of sp³-hybridized carbons (Fsp3) is 0.474. The van der Waals surface area contributed by atoms with E-state index >= 15 is 0 Å². The van der Waals surface area contributed by atoms with Gasteiger partial charge in [-0.25, -0.2) is 4.98 Å². The maximum Gasteiger partial charge on any atom is 0.249 e. The van der Waals surface area contributed by atoms with E-state index in [1.165, 1.54) is 0 Å². The van der Waals surface area contributed by atoms with Crippen molar-refractivity contribution in [2.24, 2.45) is 5.73 Å². The van der Waals surface area contributed by atoms with E-state index in [-0.39, 0.29) is 30.5 Å². The molecule has 3 N–H and O–H groups in total. The van der Waals surface area contributed by atoms with Crippen molar-refractivity contribution in [1.82, 2.24) is 10.3 Å². The van der Waals surface area contributed by atoms with Gasteiger partial charge in [-0.1, -0.05) is 0 Å². The summed E-state index contributed by atoms with van der Waals surface area (Å²) in [5, 5.41) is 3.98. The lowest BCUT2D eigenvalue weighted by Crippen LogP contribution is -2.36. The van der Waals surface area contributed by atoms with E-state index < -0.39 is 6.10 Å². The number of carbonyl (C=O) groups is 1. The van der Waals surface area contributed by atoms with E-state index in [0.29, 0.717) is 6.54 Å². The van der Waals surface area contributed by atoms with Crippen molar-refractivity contribution in [3.63, 3.8) is 0 Å². The van der Waals surface area contributed by atoms with Gasteiger partial charge in [0.1, 0.15) is 16.9 Å². The van der Waals surface area contributed by atoms with Gasteiger partial charge in [0.15, 0.2) is 0 Å². The molecule has 2 aromatic rings. The Hall–Kier alpha value is -1.67. The fourth-order valence-electron chi connectivity index (χ4n) is 3.11. The van der Waals surface area contributed by atoms with Crippen LogP contribution in [0.25, 0.3) is 10.6 Å². The molecule has 1 aliphatic rings. The number of halogens is 1. The highest BCUT2D eigenvalue weighted by Crippen LogP contribution is 2.32. The number of thiazole rings is 1. The van der Waals surface area contributed by atoms with Crippen LogP contribution in [0.5, 0.6) is 5.75 Å². The first-order chi connectivity index (χ1) is 12.5. The first-order valence-corrected chi connectivity index (χ1v) is 9.61. The van der Waals surface area contributed by atoms with E-state index in [2.05, 4.69) is 10.3 Å². The highest BCUT2D eigenvalue weighted by molar-refractivity contribution is 7.15. The molecule has 1 fully saturated rings. The summed E-state index contributed by atoms with van der Waals surface area (Å²) in [7, 11) is 1.65. The Kier molecular flexibility index (Phi) is 7.61. The topological polar surface area (TPSA) is 86.5 Å². The second-order valence-electron chi connectivity index (χ2n) is 6.49. The summed E-state index contributed by atoms with van der Waals surface area (Å²) in [4.78, 5) is 18.2. The summed E-state index contributed by atoms with van der Waals surface area (Å²) in [6.07, 6.45) is 1.15. The van der Waals surface area contributed by atoms with Crippen molar-refractivity contribution in [3.05, 3.63) is 34.8 Å². The SMILES string of the molecule is COc1ccc(-c2nc(C)c(C(C)NC(=O)[C@@H]3CC[C@H](CN)O3)s2)cc1.Cl. The van der Waals surface area contributed by atoms with E-state index in [1.807, 2.05) is 38.1 Å². The van der Waals surface area contributed by atoms with Crippen LogP contribution in [0, 0.1) is 6.92 Å². The quantitative estimate of drug-likeness (QED) is 0.762. The lowest BCUT2D eigenvalue weighted by molar-refractivity contribution is -0.132. The second kappa shape index (κ2) is 9.50. The molecule has 1 aromatic heterocycles. The maximum absolute atomic E-state index is 12.4. The van der Waals surface area contributed by atoms with Crippen LogP contribution in [0.4, 0.5) is 0 Å². The molecule has 0 saturated carbocycles. The number of nitrogens with zero attached hydrogens (tertiary/aromatic N) is 1. The van der Waals surface area contributed by atoms with E-state index in [1.54, 1.807) is 18.4 Å². The molecule has 1 aliphatic heterocycles. The molecule has 2 heterocycles. The minimum absolute atomic E-state index is 0. The molecular weight excluding hydrogens is 386 g/mol. The van der Waals surface area contributed by atoms with Crippen molar-refractivity contribution in [3.8, 4) is 16.3 Å². The van der Waals surface area contributed by atoms with E-state index in [0.717, 1.165) is 39.7 Å². The number of rotatable bonds is 6. The summed E-state index contributed by atoms with van der Waals surface area (Å²) < 4.78 is 10.9. The van der Waals surface area contributed by atoms with Crippen LogP contribution in [0.3, 0.4) is 0 Å². The molecular formula is C19H26ClN3O3S. The normalized spacial score (nSPS) is 20.0. The molecule has 8 heteroatoms. The summed E-state index contributed by atoms with van der Waals surface area (Å²) in [6, 6.07) is 7.70. The van der Waals surface area contributed by atoms with Crippen LogP contribution in [-0.4, -0.2) is 36.8 Å². The number of hydrogen-bond acceptors (Lipinski definition) is 6. The zero-order chi connectivity index (χ0) is 18.7. The lowest BCUT2D eigenvalue weighted by atomic mass is 10.1. The monoisotopic (exact) mass is 411 g/mol. The number of carbonyl (C=O) groups excluding carboxylic acids is 1. The van der Waals surface area contributed by atoms with Crippen molar-refractivity contribution in [1.29, 1.82) is 0 Å². The van der Waals surface area contributed by atoms with Crippen molar-refractivity contribution >= 4 is 29.7 Å². The summed E-state index contributed by atoms with van der Waals surface area (Å²) >= 11 is 1.60. The summed E-state index contributed by atoms with van der Waals surface area (Å²) in [5.74, 6) is 0.738. The minimum Gasteiger partial charge on any atom is -0.497 e. The Morgan fingerprint density at radius 3 is 2.70 bits per heavy atom. The molecule has 0 spiro atoms. The van der Waals surface area contributed by atoms with Gasteiger partial charge < -0.3 is 20.5 Å². The average molecular weight is 412 g/mol. The Bertz CT molecular complexity index is 766. The number of hydrogen-bond donors (Lipinski definition) is 2. The smallest absolute Gasteiger partial charge is 0.249 e. The predicted molar refractivity (Wildman–Crippen MR) is 110 cm³/mol. The van der Waals surface area contributed by atoms with E-state index in [9.17, 15) is 4.79 Å². The third-order valence-electron chi connectivity index (χ3n) is 4.58. The fourth-order valence-corrected chi connectivity index (χ4v) is 4.18. The third-order valence-corrected chi connectivity index (χ3v) is 5.97. The maximum atomic E-state index is 12.4. The molecule has 0 aliphatic carbocycles. The molecule has 1 amide bonds. The molecule has 3 atom stereocenters. The second-order valence-corrected chi connectivity index (χ2v) is 7.52. The Labute approximate surface area is 169 Å². The molecule has 1 aromatic carbocycles. The first-order valence-electron chi connectivity index (χ1n) is 8.79. The molecule has 3 rings (SSSR count). The molecule has 0 radical (unpaired) electrons. The van der Waals surface area contributed by atoms with Crippen molar-refractivity contribution < 1.29 is 14.3 Å². The van der Waals surface area contributed by atoms with Gasteiger partial charge in [-0.05, 0) is 51.0 Å². The highest BCUT2D eigenvalue weighted by atomic mass is 35.5. The van der Waals surface area contributed by atoms with Gasteiger partial charge in [0.05, 0.1) is 29.8 Å². The predicted octanol–water partition coefficient (Wildman–Crippen LogP) is 3.23. The number of aromatic nitrogens is 1. The van der Waals surface area contributed by atoms with Gasteiger partial charge in [-0.2, -0.15) is 0 Å². The number of nitrogens with one attached hydrogen (secondary N) is 1. The zero-order valence-corrected chi connectivity index (χ0v) is 17.4. The lowest BCUT2D eigenvalue weighted by Gasteiger charge is -2.17. The minimum atomic E-state index is -0.403. The van der Waals surface area contributed by atoms with Crippen molar-refractivity contribution in [2.45, 2.75) is 44.9 Å². The number of nitrogens with two attached hydrogens (primary N) is 1. The summed E-state index contributed by atoms with van der Waals surface area (Å²) in [6.45, 7) is 4.40. The van der Waals surface area contributed by atoms with Gasteiger partial charge in [0, 0.05) is 12.1 Å². The molecule has 27 heavy (non-hydrogen) atoms. The van der Waals surface area contributed by atoms with Crippen LogP contribution >= 0.6 is 23.7 Å². The van der Waals surface area contributed by atoms with Gasteiger partial charge in [0.2, 0.25) is 5.91 Å². The Morgan fingerprint density at radius 2 is 2.11 bits per heavy atom. The number of amides is 1. The summed E-state index contributed by atoms with van der Waals surface area (Å²) in [5.41, 5.74) is 7.58. The van der Waals surface area contributed by atoms with Crippen LogP contribution in [0.1, 0.15) is 36.4 Å². The number of methoxy groups -OCH3 is 1. The highest BCUT2D eigenvalue weighted by Gasteiger charge is 2.31. The molecule has 1 unspecified atom stereocenters. The van der Waals surface area contributed by atoms with Gasteiger partial charge in [0.25, 0.3) is 0 Å². The van der Waals surface area contributed by atoms with Gasteiger partial charge in [-0.15, -0.1) is 23.7 Å². The van der Waals surface area contributed by atoms with Crippen LogP contribution in [0.2, 0.25) is 0 Å². The van der Waals surface area contributed by atoms with Crippen LogP contribution in [0.15, 0.2) is 24.3 Å². The average Bonchev–Trinajstić information content (AvgIpc) is 3.28. The largest absolute Gasteiger partial charge is 0.497 e. The standard InChI is InChI=1S/C19H25N3O3S.ClH/c1-11(21-18(23)16-9-8-15(10-20)25-16)17-12(2)22-19(26-17)13-4-6-14(24-3)7-5-13;/h4-7,11,15-16H,8-10,20H2,1-3H3,(H,21,23);1H/t11?,15-,16+;/m1./s1. The molecule has 1 saturated heterocycles. The third kappa shape index (κ3) is 4.99.